The van der Waals surface area contributed by atoms with Gasteiger partial charge < -0.3 is 14.9 Å². The minimum atomic E-state index is -0.761. The molecule has 1 N–H and O–H groups in total. The van der Waals surface area contributed by atoms with E-state index in [1.54, 1.807) is 11.8 Å². The SMILES string of the molecule is CC(=O)N1CCC(C(=O)N(Cc2ccccc2)CC2(O)CCCC2)C1. The maximum Gasteiger partial charge on any atom is 0.227 e. The second-order valence-electron chi connectivity index (χ2n) is 7.56. The molecule has 1 aliphatic carbocycles. The second kappa shape index (κ2) is 7.56. The number of aliphatic hydroxyl groups is 1. The molecular formula is C20H28N2O3. The topological polar surface area (TPSA) is 60.9 Å². The lowest BCUT2D eigenvalue weighted by Gasteiger charge is -2.33. The molecule has 0 aromatic heterocycles. The number of hydrogen-bond donors (Lipinski definition) is 1. The highest BCUT2D eigenvalue weighted by Crippen LogP contribution is 2.31. The standard InChI is InChI=1S/C20H28N2O3/c1-16(23)21-12-9-18(14-21)19(24)22(13-17-7-3-2-4-8-17)15-20(25)10-5-6-11-20/h2-4,7-8,18,25H,5-6,9-15H2,1H3. The van der Waals surface area contributed by atoms with E-state index < -0.39 is 5.60 Å². The molecule has 2 amide bonds. The van der Waals surface area contributed by atoms with Crippen LogP contribution in [0.5, 0.6) is 0 Å². The summed E-state index contributed by atoms with van der Waals surface area (Å²) in [7, 11) is 0. The van der Waals surface area contributed by atoms with Gasteiger partial charge in [0.05, 0.1) is 11.5 Å². The lowest BCUT2D eigenvalue weighted by Crippen LogP contribution is -2.46. The zero-order chi connectivity index (χ0) is 17.9. The van der Waals surface area contributed by atoms with E-state index >= 15 is 0 Å². The molecule has 136 valence electrons. The van der Waals surface area contributed by atoms with Crippen LogP contribution in [0.25, 0.3) is 0 Å². The maximum absolute atomic E-state index is 13.1. The zero-order valence-corrected chi connectivity index (χ0v) is 15.0. The van der Waals surface area contributed by atoms with E-state index in [9.17, 15) is 14.7 Å². The summed E-state index contributed by atoms with van der Waals surface area (Å²) in [5.41, 5.74) is 0.308. The summed E-state index contributed by atoms with van der Waals surface area (Å²) in [5.74, 6) is -0.0649. The Hall–Kier alpha value is -1.88. The Bertz CT molecular complexity index is 611. The molecule has 1 aromatic carbocycles. The van der Waals surface area contributed by atoms with Crippen molar-refractivity contribution in [2.75, 3.05) is 19.6 Å². The highest BCUT2D eigenvalue weighted by Gasteiger charge is 2.38. The minimum absolute atomic E-state index is 0.0272. The molecule has 1 heterocycles. The van der Waals surface area contributed by atoms with Crippen molar-refractivity contribution in [3.63, 3.8) is 0 Å². The first kappa shape index (κ1) is 17.9. The Kier molecular flexibility index (Phi) is 5.42. The average molecular weight is 344 g/mol. The van der Waals surface area contributed by atoms with Gasteiger partial charge in [-0.15, -0.1) is 0 Å². The van der Waals surface area contributed by atoms with Gasteiger partial charge in [0.1, 0.15) is 0 Å². The molecule has 1 atom stereocenters. The normalized spacial score (nSPS) is 22.2. The van der Waals surface area contributed by atoms with Crippen molar-refractivity contribution in [3.8, 4) is 0 Å². The van der Waals surface area contributed by atoms with Crippen LogP contribution in [-0.2, 0) is 16.1 Å². The number of hydrogen-bond acceptors (Lipinski definition) is 3. The molecule has 2 fully saturated rings. The summed E-state index contributed by atoms with van der Waals surface area (Å²) in [6.45, 7) is 3.60. The third-order valence-corrected chi connectivity index (χ3v) is 5.53. The van der Waals surface area contributed by atoms with Crippen molar-refractivity contribution < 1.29 is 14.7 Å². The van der Waals surface area contributed by atoms with Crippen LogP contribution in [0.15, 0.2) is 30.3 Å². The Morgan fingerprint density at radius 3 is 2.52 bits per heavy atom. The average Bonchev–Trinajstić information content (AvgIpc) is 3.24. The van der Waals surface area contributed by atoms with E-state index in [0.717, 1.165) is 31.2 Å². The van der Waals surface area contributed by atoms with Crippen molar-refractivity contribution in [1.82, 2.24) is 9.80 Å². The molecule has 25 heavy (non-hydrogen) atoms. The molecule has 1 aliphatic heterocycles. The van der Waals surface area contributed by atoms with Gasteiger partial charge in [0.2, 0.25) is 11.8 Å². The molecule has 1 unspecified atom stereocenters. The molecule has 0 spiro atoms. The first-order valence-electron chi connectivity index (χ1n) is 9.27. The van der Waals surface area contributed by atoms with Crippen LogP contribution in [-0.4, -0.2) is 52.0 Å². The van der Waals surface area contributed by atoms with Crippen LogP contribution in [0.3, 0.4) is 0 Å². The quantitative estimate of drug-likeness (QED) is 0.891. The third-order valence-electron chi connectivity index (χ3n) is 5.53. The maximum atomic E-state index is 13.1. The lowest BCUT2D eigenvalue weighted by atomic mass is 9.99. The predicted octanol–water partition coefficient (Wildman–Crippen LogP) is 2.19. The molecule has 5 heteroatoms. The van der Waals surface area contributed by atoms with Gasteiger partial charge in [-0.05, 0) is 24.8 Å². The number of likely N-dealkylation sites (tertiary alicyclic amines) is 1. The largest absolute Gasteiger partial charge is 0.388 e. The summed E-state index contributed by atoms with van der Waals surface area (Å²) < 4.78 is 0. The van der Waals surface area contributed by atoms with Gasteiger partial charge in [-0.3, -0.25) is 9.59 Å². The van der Waals surface area contributed by atoms with Crippen LogP contribution in [0, 0.1) is 5.92 Å². The molecule has 1 saturated heterocycles. The predicted molar refractivity (Wildman–Crippen MR) is 95.6 cm³/mol. The molecular weight excluding hydrogens is 316 g/mol. The van der Waals surface area contributed by atoms with Crippen molar-refractivity contribution in [2.45, 2.75) is 51.2 Å². The fraction of sp³-hybridized carbons (Fsp3) is 0.600. The Morgan fingerprint density at radius 2 is 1.92 bits per heavy atom. The van der Waals surface area contributed by atoms with Crippen LogP contribution in [0.1, 0.15) is 44.6 Å². The van der Waals surface area contributed by atoms with Crippen molar-refractivity contribution in [2.24, 2.45) is 5.92 Å². The lowest BCUT2D eigenvalue weighted by molar-refractivity contribution is -0.139. The molecule has 0 radical (unpaired) electrons. The number of carbonyl (C=O) groups excluding carboxylic acids is 2. The molecule has 0 bridgehead atoms. The number of rotatable bonds is 5. The molecule has 3 rings (SSSR count). The second-order valence-corrected chi connectivity index (χ2v) is 7.56. The number of carbonyl (C=O) groups is 2. The Balaban J connectivity index is 1.73. The summed E-state index contributed by atoms with van der Waals surface area (Å²) in [4.78, 5) is 28.2. The van der Waals surface area contributed by atoms with Crippen molar-refractivity contribution in [1.29, 1.82) is 0 Å². The smallest absolute Gasteiger partial charge is 0.227 e. The van der Waals surface area contributed by atoms with E-state index in [-0.39, 0.29) is 17.7 Å². The van der Waals surface area contributed by atoms with Gasteiger partial charge in [-0.2, -0.15) is 0 Å². The van der Waals surface area contributed by atoms with Gasteiger partial charge in [0.15, 0.2) is 0 Å². The molecule has 1 saturated carbocycles. The fourth-order valence-corrected chi connectivity index (χ4v) is 4.07. The summed E-state index contributed by atoms with van der Waals surface area (Å²) in [6, 6.07) is 9.91. The van der Waals surface area contributed by atoms with E-state index in [1.165, 1.54) is 0 Å². The highest BCUT2D eigenvalue weighted by atomic mass is 16.3. The highest BCUT2D eigenvalue weighted by molar-refractivity contribution is 5.81. The molecule has 1 aromatic rings. The minimum Gasteiger partial charge on any atom is -0.388 e. The number of benzene rings is 1. The third kappa shape index (κ3) is 4.40. The summed E-state index contributed by atoms with van der Waals surface area (Å²) >= 11 is 0. The van der Waals surface area contributed by atoms with E-state index in [2.05, 4.69) is 0 Å². The van der Waals surface area contributed by atoms with Gasteiger partial charge in [-0.1, -0.05) is 43.2 Å². The van der Waals surface area contributed by atoms with E-state index in [4.69, 9.17) is 0 Å². The van der Waals surface area contributed by atoms with Crippen LogP contribution in [0.2, 0.25) is 0 Å². The Morgan fingerprint density at radius 1 is 1.24 bits per heavy atom. The zero-order valence-electron chi connectivity index (χ0n) is 15.0. The van der Waals surface area contributed by atoms with E-state index in [0.29, 0.717) is 32.6 Å². The van der Waals surface area contributed by atoms with Gasteiger partial charge >= 0.3 is 0 Å². The summed E-state index contributed by atoms with van der Waals surface area (Å²) in [6.07, 6.45) is 4.27. The first-order valence-corrected chi connectivity index (χ1v) is 9.27. The van der Waals surface area contributed by atoms with E-state index in [1.807, 2.05) is 35.2 Å². The Labute approximate surface area is 149 Å². The van der Waals surface area contributed by atoms with Crippen molar-refractivity contribution in [3.05, 3.63) is 35.9 Å². The summed E-state index contributed by atoms with van der Waals surface area (Å²) in [5, 5.41) is 10.8. The first-order chi connectivity index (χ1) is 12.0. The number of amides is 2. The van der Waals surface area contributed by atoms with Crippen molar-refractivity contribution >= 4 is 11.8 Å². The fourth-order valence-electron chi connectivity index (χ4n) is 4.07. The number of nitrogens with zero attached hydrogens (tertiary/aromatic N) is 2. The molecule has 5 nitrogen and oxygen atoms in total. The van der Waals surface area contributed by atoms with Gasteiger partial charge in [-0.25, -0.2) is 0 Å². The van der Waals surface area contributed by atoms with Crippen LogP contribution in [0.4, 0.5) is 0 Å². The molecule has 2 aliphatic rings. The van der Waals surface area contributed by atoms with Gasteiger partial charge in [0.25, 0.3) is 0 Å². The van der Waals surface area contributed by atoms with Gasteiger partial charge in [0, 0.05) is 33.1 Å². The van der Waals surface area contributed by atoms with Crippen LogP contribution >= 0.6 is 0 Å². The monoisotopic (exact) mass is 344 g/mol. The van der Waals surface area contributed by atoms with Crippen LogP contribution < -0.4 is 0 Å².